The van der Waals surface area contributed by atoms with Crippen LogP contribution in [0, 0.1) is 6.92 Å². The molecule has 2 N–H and O–H groups in total. The third kappa shape index (κ3) is 1.85. The number of rotatable bonds is 1. The first-order chi connectivity index (χ1) is 8.13. The van der Waals surface area contributed by atoms with Crippen molar-refractivity contribution in [3.05, 3.63) is 33.6 Å². The fourth-order valence-electron chi connectivity index (χ4n) is 1.62. The van der Waals surface area contributed by atoms with Crippen LogP contribution in [0.1, 0.15) is 5.56 Å². The molecular weight excluding hydrogens is 300 g/mol. The average Bonchev–Trinajstić information content (AvgIpc) is 2.83. The minimum atomic E-state index is 0.643. The number of aryl methyl sites for hydroxylation is 1. The van der Waals surface area contributed by atoms with Gasteiger partial charge in [0.15, 0.2) is 5.58 Å². The van der Waals surface area contributed by atoms with Crippen LogP contribution in [0.5, 0.6) is 0 Å². The predicted octanol–water partition coefficient (Wildman–Crippen LogP) is 4.21. The SMILES string of the molecule is Cc1cc(-c2nc3cc(N)ccc3o2)sc1Br. The molecule has 86 valence electrons. The van der Waals surface area contributed by atoms with Crippen LogP contribution in [-0.4, -0.2) is 4.98 Å². The Morgan fingerprint density at radius 3 is 2.88 bits per heavy atom. The number of nitrogens with zero attached hydrogens (tertiary/aromatic N) is 1. The molecule has 0 atom stereocenters. The zero-order valence-corrected chi connectivity index (χ0v) is 11.4. The summed E-state index contributed by atoms with van der Waals surface area (Å²) in [5, 5.41) is 0. The fraction of sp³-hybridized carbons (Fsp3) is 0.0833. The summed E-state index contributed by atoms with van der Waals surface area (Å²) < 4.78 is 6.81. The van der Waals surface area contributed by atoms with E-state index in [1.807, 2.05) is 25.1 Å². The minimum Gasteiger partial charge on any atom is -0.435 e. The first-order valence-electron chi connectivity index (χ1n) is 5.06. The van der Waals surface area contributed by atoms with Gasteiger partial charge in [-0.2, -0.15) is 0 Å². The summed E-state index contributed by atoms with van der Waals surface area (Å²) in [5.74, 6) is 0.643. The number of hydrogen-bond donors (Lipinski definition) is 1. The van der Waals surface area contributed by atoms with E-state index in [0.29, 0.717) is 11.6 Å². The van der Waals surface area contributed by atoms with Gasteiger partial charge in [-0.15, -0.1) is 11.3 Å². The first-order valence-corrected chi connectivity index (χ1v) is 6.67. The lowest BCUT2D eigenvalue weighted by molar-refractivity contribution is 0.621. The van der Waals surface area contributed by atoms with E-state index in [0.717, 1.165) is 19.8 Å². The van der Waals surface area contributed by atoms with Gasteiger partial charge in [0.25, 0.3) is 0 Å². The van der Waals surface area contributed by atoms with E-state index in [-0.39, 0.29) is 0 Å². The van der Waals surface area contributed by atoms with Crippen molar-refractivity contribution < 1.29 is 4.42 Å². The molecule has 0 radical (unpaired) electrons. The minimum absolute atomic E-state index is 0.643. The highest BCUT2D eigenvalue weighted by Crippen LogP contribution is 2.35. The molecule has 0 aliphatic carbocycles. The van der Waals surface area contributed by atoms with E-state index >= 15 is 0 Å². The Bertz CT molecular complexity index is 682. The van der Waals surface area contributed by atoms with Crippen LogP contribution in [0.4, 0.5) is 5.69 Å². The molecule has 3 rings (SSSR count). The van der Waals surface area contributed by atoms with Gasteiger partial charge in [0, 0.05) is 5.69 Å². The van der Waals surface area contributed by atoms with E-state index < -0.39 is 0 Å². The summed E-state index contributed by atoms with van der Waals surface area (Å²) in [6, 6.07) is 7.53. The molecule has 0 bridgehead atoms. The summed E-state index contributed by atoms with van der Waals surface area (Å²) >= 11 is 5.11. The molecule has 3 nitrogen and oxygen atoms in total. The molecule has 1 aromatic carbocycles. The van der Waals surface area contributed by atoms with Crippen LogP contribution in [0.2, 0.25) is 0 Å². The maximum atomic E-state index is 5.71. The molecule has 5 heteroatoms. The zero-order valence-electron chi connectivity index (χ0n) is 9.03. The Labute approximate surface area is 110 Å². The van der Waals surface area contributed by atoms with E-state index in [4.69, 9.17) is 10.2 Å². The van der Waals surface area contributed by atoms with Crippen LogP contribution >= 0.6 is 27.3 Å². The van der Waals surface area contributed by atoms with Crippen molar-refractivity contribution in [1.29, 1.82) is 0 Å². The van der Waals surface area contributed by atoms with Crippen molar-refractivity contribution in [2.24, 2.45) is 0 Å². The lowest BCUT2D eigenvalue weighted by atomic mass is 10.3. The van der Waals surface area contributed by atoms with Crippen LogP contribution in [0.15, 0.2) is 32.5 Å². The number of oxazole rings is 1. The molecule has 2 heterocycles. The van der Waals surface area contributed by atoms with Crippen LogP contribution in [0.25, 0.3) is 21.9 Å². The smallest absolute Gasteiger partial charge is 0.237 e. The summed E-state index contributed by atoms with van der Waals surface area (Å²) in [5.41, 5.74) is 9.15. The maximum Gasteiger partial charge on any atom is 0.237 e. The number of fused-ring (bicyclic) bond motifs is 1. The highest BCUT2D eigenvalue weighted by Gasteiger charge is 2.12. The van der Waals surface area contributed by atoms with Crippen molar-refractivity contribution in [3.8, 4) is 10.8 Å². The van der Waals surface area contributed by atoms with Crippen molar-refractivity contribution in [1.82, 2.24) is 4.98 Å². The van der Waals surface area contributed by atoms with Crippen LogP contribution in [-0.2, 0) is 0 Å². The van der Waals surface area contributed by atoms with Gasteiger partial charge < -0.3 is 10.2 Å². The zero-order chi connectivity index (χ0) is 12.0. The number of aromatic nitrogens is 1. The monoisotopic (exact) mass is 308 g/mol. The summed E-state index contributed by atoms with van der Waals surface area (Å²) in [4.78, 5) is 5.46. The first kappa shape index (κ1) is 10.8. The highest BCUT2D eigenvalue weighted by molar-refractivity contribution is 9.11. The molecule has 0 saturated heterocycles. The van der Waals surface area contributed by atoms with Gasteiger partial charge in [0.2, 0.25) is 5.89 Å². The summed E-state index contributed by atoms with van der Waals surface area (Å²) in [7, 11) is 0. The van der Waals surface area contributed by atoms with E-state index in [2.05, 4.69) is 27.0 Å². The van der Waals surface area contributed by atoms with Crippen LogP contribution < -0.4 is 5.73 Å². The molecule has 3 aromatic rings. The third-order valence-corrected chi connectivity index (χ3v) is 4.60. The molecule has 0 aliphatic heterocycles. The molecular formula is C12H9BrN2OS. The van der Waals surface area contributed by atoms with Gasteiger partial charge >= 0.3 is 0 Å². The van der Waals surface area contributed by atoms with Gasteiger partial charge in [-0.3, -0.25) is 0 Å². The van der Waals surface area contributed by atoms with Crippen molar-refractivity contribution >= 4 is 44.1 Å². The summed E-state index contributed by atoms with van der Waals surface area (Å²) in [6.45, 7) is 2.05. The molecule has 0 aliphatic rings. The molecule has 0 fully saturated rings. The Morgan fingerprint density at radius 2 is 2.18 bits per heavy atom. The Hall–Kier alpha value is -1.33. The van der Waals surface area contributed by atoms with E-state index in [9.17, 15) is 0 Å². The number of benzene rings is 1. The lowest BCUT2D eigenvalue weighted by Crippen LogP contribution is -1.82. The molecule has 2 aromatic heterocycles. The number of nitrogens with two attached hydrogens (primary N) is 1. The van der Waals surface area contributed by atoms with Gasteiger partial charge in [0.1, 0.15) is 5.52 Å². The quantitative estimate of drug-likeness (QED) is 0.685. The Morgan fingerprint density at radius 1 is 1.35 bits per heavy atom. The van der Waals surface area contributed by atoms with Crippen molar-refractivity contribution in [2.75, 3.05) is 5.73 Å². The number of anilines is 1. The second-order valence-electron chi connectivity index (χ2n) is 3.81. The second-order valence-corrected chi connectivity index (χ2v) is 6.18. The fourth-order valence-corrected chi connectivity index (χ4v) is 3.08. The molecule has 0 saturated carbocycles. The van der Waals surface area contributed by atoms with Gasteiger partial charge in [-0.25, -0.2) is 4.98 Å². The normalized spacial score (nSPS) is 11.2. The van der Waals surface area contributed by atoms with Crippen LogP contribution in [0.3, 0.4) is 0 Å². The van der Waals surface area contributed by atoms with Gasteiger partial charge in [-0.05, 0) is 52.7 Å². The predicted molar refractivity (Wildman–Crippen MR) is 74.2 cm³/mol. The number of halogens is 1. The van der Waals surface area contributed by atoms with Crippen molar-refractivity contribution in [2.45, 2.75) is 6.92 Å². The molecule has 17 heavy (non-hydrogen) atoms. The largest absolute Gasteiger partial charge is 0.435 e. The maximum absolute atomic E-state index is 5.71. The lowest BCUT2D eigenvalue weighted by Gasteiger charge is -1.88. The second kappa shape index (κ2) is 3.85. The van der Waals surface area contributed by atoms with E-state index in [1.54, 1.807) is 11.3 Å². The Kier molecular flexibility index (Phi) is 2.45. The number of nitrogen functional groups attached to an aromatic ring is 1. The highest BCUT2D eigenvalue weighted by atomic mass is 79.9. The van der Waals surface area contributed by atoms with Crippen molar-refractivity contribution in [3.63, 3.8) is 0 Å². The molecule has 0 spiro atoms. The number of hydrogen-bond acceptors (Lipinski definition) is 4. The standard InChI is InChI=1S/C12H9BrN2OS/c1-6-4-10(17-11(6)13)12-15-8-5-7(14)2-3-9(8)16-12/h2-5H,14H2,1H3. The third-order valence-electron chi connectivity index (χ3n) is 2.48. The van der Waals surface area contributed by atoms with E-state index in [1.165, 1.54) is 5.56 Å². The summed E-state index contributed by atoms with van der Waals surface area (Å²) in [6.07, 6.45) is 0. The number of thiophene rings is 1. The van der Waals surface area contributed by atoms with Gasteiger partial charge in [0.05, 0.1) is 8.66 Å². The topological polar surface area (TPSA) is 52.0 Å². The molecule has 0 amide bonds. The average molecular weight is 309 g/mol. The Balaban J connectivity index is 2.17. The van der Waals surface area contributed by atoms with Gasteiger partial charge in [-0.1, -0.05) is 0 Å². The molecule has 0 unspecified atom stereocenters.